The second-order valence-corrected chi connectivity index (χ2v) is 8.01. The van der Waals surface area contributed by atoms with Crippen LogP contribution in [0.4, 0.5) is 16.2 Å². The van der Waals surface area contributed by atoms with Gasteiger partial charge in [-0.3, -0.25) is 0 Å². The van der Waals surface area contributed by atoms with Crippen LogP contribution < -0.4 is 10.2 Å². The van der Waals surface area contributed by atoms with Gasteiger partial charge in [0.1, 0.15) is 0 Å². The number of benzene rings is 2. The number of rotatable bonds is 5. The van der Waals surface area contributed by atoms with Crippen LogP contribution in [-0.2, 0) is 6.42 Å². The summed E-state index contributed by atoms with van der Waals surface area (Å²) in [6.07, 6.45) is 3.50. The third-order valence-electron chi connectivity index (χ3n) is 5.60. The number of carbonyl (C=O) groups is 1. The van der Waals surface area contributed by atoms with Crippen LogP contribution >= 0.6 is 0 Å². The molecule has 150 valence electrons. The van der Waals surface area contributed by atoms with Crippen LogP contribution in [0.3, 0.4) is 0 Å². The van der Waals surface area contributed by atoms with Crippen molar-refractivity contribution in [1.82, 2.24) is 4.90 Å². The van der Waals surface area contributed by atoms with Crippen LogP contribution in [0.1, 0.15) is 43.4 Å². The summed E-state index contributed by atoms with van der Waals surface area (Å²) in [6, 6.07) is 15.3. The molecule has 28 heavy (non-hydrogen) atoms. The van der Waals surface area contributed by atoms with E-state index in [0.717, 1.165) is 37.3 Å². The van der Waals surface area contributed by atoms with E-state index >= 15 is 0 Å². The summed E-state index contributed by atoms with van der Waals surface area (Å²) < 4.78 is 0. The number of urea groups is 1. The van der Waals surface area contributed by atoms with E-state index in [1.807, 2.05) is 11.0 Å². The maximum absolute atomic E-state index is 12.8. The van der Waals surface area contributed by atoms with E-state index in [1.165, 1.54) is 29.7 Å². The fourth-order valence-electron chi connectivity index (χ4n) is 3.93. The highest BCUT2D eigenvalue weighted by Gasteiger charge is 2.27. The minimum atomic E-state index is 0.000139. The monoisotopic (exact) mass is 379 g/mol. The van der Waals surface area contributed by atoms with Gasteiger partial charge in [0.25, 0.3) is 0 Å². The fourth-order valence-corrected chi connectivity index (χ4v) is 3.93. The van der Waals surface area contributed by atoms with E-state index in [9.17, 15) is 4.79 Å². The van der Waals surface area contributed by atoms with Gasteiger partial charge in [0.2, 0.25) is 0 Å². The molecule has 4 heteroatoms. The molecule has 1 N–H and O–H groups in total. The predicted molar refractivity (Wildman–Crippen MR) is 118 cm³/mol. The molecule has 2 amide bonds. The molecule has 0 spiro atoms. The minimum Gasteiger partial charge on any atom is -0.365 e. The summed E-state index contributed by atoms with van der Waals surface area (Å²) in [7, 11) is 0. The Balaban J connectivity index is 1.60. The molecule has 0 aromatic heterocycles. The van der Waals surface area contributed by atoms with Crippen molar-refractivity contribution in [3.63, 3.8) is 0 Å². The molecule has 1 aliphatic rings. The van der Waals surface area contributed by atoms with Gasteiger partial charge >= 0.3 is 6.03 Å². The summed E-state index contributed by atoms with van der Waals surface area (Å²) in [6.45, 7) is 10.9. The molecule has 1 aliphatic heterocycles. The van der Waals surface area contributed by atoms with Gasteiger partial charge in [-0.05, 0) is 68.5 Å². The van der Waals surface area contributed by atoms with Gasteiger partial charge in [-0.15, -0.1) is 0 Å². The smallest absolute Gasteiger partial charge is 0.321 e. The molecule has 2 aromatic carbocycles. The molecule has 1 heterocycles. The average molecular weight is 380 g/mol. The lowest BCUT2D eigenvalue weighted by molar-refractivity contribution is 0.200. The van der Waals surface area contributed by atoms with Crippen molar-refractivity contribution in [3.05, 3.63) is 59.2 Å². The first-order chi connectivity index (χ1) is 13.5. The second-order valence-electron chi connectivity index (χ2n) is 8.01. The predicted octanol–water partition coefficient (Wildman–Crippen LogP) is 5.39. The summed E-state index contributed by atoms with van der Waals surface area (Å²) in [4.78, 5) is 17.1. The van der Waals surface area contributed by atoms with Crippen LogP contribution in [0.2, 0.25) is 0 Å². The van der Waals surface area contributed by atoms with Gasteiger partial charge in [0.15, 0.2) is 0 Å². The third-order valence-corrected chi connectivity index (χ3v) is 5.60. The number of hydrogen-bond donors (Lipinski definition) is 1. The summed E-state index contributed by atoms with van der Waals surface area (Å²) in [5.74, 6) is 0. The second kappa shape index (κ2) is 9.13. The maximum atomic E-state index is 12.8. The van der Waals surface area contributed by atoms with E-state index in [4.69, 9.17) is 0 Å². The number of unbranched alkanes of at least 4 members (excludes halogenated alkanes) is 1. The first-order valence-corrected chi connectivity index (χ1v) is 10.5. The Hall–Kier alpha value is -2.49. The van der Waals surface area contributed by atoms with Crippen molar-refractivity contribution in [2.75, 3.05) is 29.9 Å². The zero-order chi connectivity index (χ0) is 20.1. The first kappa shape index (κ1) is 20.2. The quantitative estimate of drug-likeness (QED) is 0.756. The minimum absolute atomic E-state index is 0.000139. The van der Waals surface area contributed by atoms with E-state index in [-0.39, 0.29) is 6.03 Å². The van der Waals surface area contributed by atoms with Gasteiger partial charge in [0, 0.05) is 37.1 Å². The molecule has 0 radical (unpaired) electrons. The largest absolute Gasteiger partial charge is 0.365 e. The lowest BCUT2D eigenvalue weighted by Crippen LogP contribution is -2.54. The highest BCUT2D eigenvalue weighted by atomic mass is 16.2. The number of amides is 2. The van der Waals surface area contributed by atoms with Gasteiger partial charge in [-0.1, -0.05) is 37.6 Å². The molecule has 4 nitrogen and oxygen atoms in total. The number of hydrogen-bond acceptors (Lipinski definition) is 2. The third kappa shape index (κ3) is 4.86. The SMILES string of the molecule is CCCCc1ccc(NC(=O)N2CCN(c3cccc(C)c3)C(C)C2)c(C)c1. The van der Waals surface area contributed by atoms with Crippen molar-refractivity contribution in [3.8, 4) is 0 Å². The molecule has 3 rings (SSSR count). The Kier molecular flexibility index (Phi) is 6.61. The Labute approximate surface area is 169 Å². The normalized spacial score (nSPS) is 16.9. The number of carbonyl (C=O) groups excluding carboxylic acids is 1. The molecular weight excluding hydrogens is 346 g/mol. The van der Waals surface area contributed by atoms with Crippen molar-refractivity contribution >= 4 is 17.4 Å². The molecule has 0 saturated carbocycles. The summed E-state index contributed by atoms with van der Waals surface area (Å²) >= 11 is 0. The Morgan fingerprint density at radius 2 is 1.96 bits per heavy atom. The Morgan fingerprint density at radius 3 is 2.64 bits per heavy atom. The highest BCUT2D eigenvalue weighted by molar-refractivity contribution is 5.90. The summed E-state index contributed by atoms with van der Waals surface area (Å²) in [5.41, 5.74) is 5.90. The number of nitrogens with one attached hydrogen (secondary N) is 1. The Bertz CT molecular complexity index is 817. The molecule has 0 bridgehead atoms. The number of piperazine rings is 1. The highest BCUT2D eigenvalue weighted by Crippen LogP contribution is 2.23. The maximum Gasteiger partial charge on any atom is 0.321 e. The van der Waals surface area contributed by atoms with Crippen molar-refractivity contribution in [2.24, 2.45) is 0 Å². The molecule has 2 aromatic rings. The lowest BCUT2D eigenvalue weighted by atomic mass is 10.0. The van der Waals surface area contributed by atoms with Crippen molar-refractivity contribution < 1.29 is 4.79 Å². The zero-order valence-corrected chi connectivity index (χ0v) is 17.7. The number of anilines is 2. The van der Waals surface area contributed by atoms with Crippen LogP contribution in [0.5, 0.6) is 0 Å². The number of aryl methyl sites for hydroxylation is 3. The van der Waals surface area contributed by atoms with Crippen LogP contribution in [-0.4, -0.2) is 36.6 Å². The van der Waals surface area contributed by atoms with Crippen LogP contribution in [0.25, 0.3) is 0 Å². The standard InChI is InChI=1S/C24H33N3O/c1-5-6-9-21-11-12-23(19(3)16-21)25-24(28)26-13-14-27(20(4)17-26)22-10-7-8-18(2)15-22/h7-8,10-12,15-16,20H,5-6,9,13-14,17H2,1-4H3,(H,25,28). The van der Waals surface area contributed by atoms with E-state index in [2.05, 4.69) is 74.3 Å². The molecule has 1 fully saturated rings. The zero-order valence-electron chi connectivity index (χ0n) is 17.7. The van der Waals surface area contributed by atoms with Gasteiger partial charge < -0.3 is 15.1 Å². The van der Waals surface area contributed by atoms with Crippen LogP contribution in [0, 0.1) is 13.8 Å². The number of nitrogens with zero attached hydrogens (tertiary/aromatic N) is 2. The molecule has 0 aliphatic carbocycles. The van der Waals surface area contributed by atoms with Gasteiger partial charge in [-0.25, -0.2) is 4.79 Å². The van der Waals surface area contributed by atoms with Gasteiger partial charge in [0.05, 0.1) is 0 Å². The average Bonchev–Trinajstić information content (AvgIpc) is 2.68. The van der Waals surface area contributed by atoms with Crippen molar-refractivity contribution in [2.45, 2.75) is 53.0 Å². The Morgan fingerprint density at radius 1 is 1.14 bits per heavy atom. The molecule has 1 atom stereocenters. The molecular formula is C24H33N3O. The van der Waals surface area contributed by atoms with Crippen molar-refractivity contribution in [1.29, 1.82) is 0 Å². The summed E-state index contributed by atoms with van der Waals surface area (Å²) in [5, 5.41) is 3.12. The molecule has 1 saturated heterocycles. The molecule has 1 unspecified atom stereocenters. The van der Waals surface area contributed by atoms with E-state index < -0.39 is 0 Å². The fraction of sp³-hybridized carbons (Fsp3) is 0.458. The van der Waals surface area contributed by atoms with Gasteiger partial charge in [-0.2, -0.15) is 0 Å². The van der Waals surface area contributed by atoms with E-state index in [1.54, 1.807) is 0 Å². The van der Waals surface area contributed by atoms with Crippen LogP contribution in [0.15, 0.2) is 42.5 Å². The topological polar surface area (TPSA) is 35.6 Å². The first-order valence-electron chi connectivity index (χ1n) is 10.5. The lowest BCUT2D eigenvalue weighted by Gasteiger charge is -2.41. The van der Waals surface area contributed by atoms with E-state index in [0.29, 0.717) is 6.04 Å².